The molecule has 3 heteroatoms. The van der Waals surface area contributed by atoms with Gasteiger partial charge in [0.15, 0.2) is 0 Å². The Morgan fingerprint density at radius 2 is 2.06 bits per heavy atom. The first kappa shape index (κ1) is 12.9. The van der Waals surface area contributed by atoms with Crippen LogP contribution in [0.1, 0.15) is 48.5 Å². The Hall–Kier alpha value is -1.51. The molecule has 98 valence electrons. The third-order valence-electron chi connectivity index (χ3n) is 3.80. The van der Waals surface area contributed by atoms with Crippen molar-refractivity contribution in [1.82, 2.24) is 0 Å². The van der Waals surface area contributed by atoms with Crippen LogP contribution in [-0.2, 0) is 4.74 Å². The Kier molecular flexibility index (Phi) is 3.90. The van der Waals surface area contributed by atoms with Crippen molar-refractivity contribution in [3.8, 4) is 0 Å². The molecule has 3 nitrogen and oxygen atoms in total. The SMILES string of the molecule is Cc1cccc(N)c1C(=O)OC1CCCCC1C. The van der Waals surface area contributed by atoms with E-state index in [1.165, 1.54) is 6.42 Å². The van der Waals surface area contributed by atoms with E-state index in [2.05, 4.69) is 6.92 Å². The zero-order valence-electron chi connectivity index (χ0n) is 11.1. The van der Waals surface area contributed by atoms with Crippen molar-refractivity contribution in [1.29, 1.82) is 0 Å². The molecule has 0 amide bonds. The van der Waals surface area contributed by atoms with E-state index < -0.39 is 0 Å². The Morgan fingerprint density at radius 3 is 2.72 bits per heavy atom. The van der Waals surface area contributed by atoms with Gasteiger partial charge < -0.3 is 10.5 Å². The second-order valence-electron chi connectivity index (χ2n) is 5.24. The molecule has 1 aromatic carbocycles. The number of hydrogen-bond acceptors (Lipinski definition) is 3. The van der Waals surface area contributed by atoms with Crippen molar-refractivity contribution in [2.75, 3.05) is 5.73 Å². The maximum atomic E-state index is 12.2. The van der Waals surface area contributed by atoms with Gasteiger partial charge in [-0.15, -0.1) is 0 Å². The number of nitrogen functional groups attached to an aromatic ring is 1. The predicted molar refractivity (Wildman–Crippen MR) is 72.4 cm³/mol. The molecule has 0 aliphatic heterocycles. The highest BCUT2D eigenvalue weighted by molar-refractivity contribution is 5.96. The Balaban J connectivity index is 2.12. The lowest BCUT2D eigenvalue weighted by Gasteiger charge is -2.28. The summed E-state index contributed by atoms with van der Waals surface area (Å²) < 4.78 is 5.63. The van der Waals surface area contributed by atoms with E-state index >= 15 is 0 Å². The Bertz CT molecular complexity index is 422. The summed E-state index contributed by atoms with van der Waals surface area (Å²) >= 11 is 0. The average molecular weight is 247 g/mol. The van der Waals surface area contributed by atoms with Gasteiger partial charge in [0.1, 0.15) is 6.10 Å². The average Bonchev–Trinajstić information content (AvgIpc) is 2.32. The van der Waals surface area contributed by atoms with Crippen LogP contribution in [0.25, 0.3) is 0 Å². The van der Waals surface area contributed by atoms with Gasteiger partial charge in [-0.1, -0.05) is 25.5 Å². The minimum atomic E-state index is -0.274. The first-order valence-electron chi connectivity index (χ1n) is 6.65. The van der Waals surface area contributed by atoms with Crippen LogP contribution < -0.4 is 5.73 Å². The van der Waals surface area contributed by atoms with Crippen LogP contribution >= 0.6 is 0 Å². The summed E-state index contributed by atoms with van der Waals surface area (Å²) in [6, 6.07) is 5.48. The quantitative estimate of drug-likeness (QED) is 0.644. The predicted octanol–water partition coefficient (Wildman–Crippen LogP) is 3.31. The standard InChI is InChI=1S/C15H21NO2/c1-10-6-3-4-9-13(10)18-15(17)14-11(2)7-5-8-12(14)16/h5,7-8,10,13H,3-4,6,9,16H2,1-2H3. The monoisotopic (exact) mass is 247 g/mol. The molecular formula is C15H21NO2. The van der Waals surface area contributed by atoms with Gasteiger partial charge in [0.05, 0.1) is 5.56 Å². The summed E-state index contributed by atoms with van der Waals surface area (Å²) in [5.74, 6) is 0.178. The topological polar surface area (TPSA) is 52.3 Å². The Labute approximate surface area is 108 Å². The molecule has 1 saturated carbocycles. The zero-order valence-corrected chi connectivity index (χ0v) is 11.1. The summed E-state index contributed by atoms with van der Waals surface area (Å²) in [5, 5.41) is 0. The molecule has 1 aliphatic carbocycles. The third-order valence-corrected chi connectivity index (χ3v) is 3.80. The number of anilines is 1. The van der Waals surface area contributed by atoms with Crippen LogP contribution in [-0.4, -0.2) is 12.1 Å². The molecule has 0 heterocycles. The lowest BCUT2D eigenvalue weighted by molar-refractivity contribution is 0.00486. The van der Waals surface area contributed by atoms with Crippen molar-refractivity contribution in [2.24, 2.45) is 5.92 Å². The summed E-state index contributed by atoms with van der Waals surface area (Å²) in [7, 11) is 0. The van der Waals surface area contributed by atoms with Crippen LogP contribution in [0.2, 0.25) is 0 Å². The van der Waals surface area contributed by atoms with Crippen molar-refractivity contribution in [3.63, 3.8) is 0 Å². The van der Waals surface area contributed by atoms with Gasteiger partial charge in [-0.05, 0) is 43.7 Å². The molecule has 0 aromatic heterocycles. The van der Waals surface area contributed by atoms with E-state index in [-0.39, 0.29) is 12.1 Å². The molecule has 0 radical (unpaired) electrons. The van der Waals surface area contributed by atoms with Crippen molar-refractivity contribution < 1.29 is 9.53 Å². The molecule has 1 fully saturated rings. The lowest BCUT2D eigenvalue weighted by Crippen LogP contribution is -2.28. The van der Waals surface area contributed by atoms with Gasteiger partial charge in [0, 0.05) is 5.69 Å². The van der Waals surface area contributed by atoms with E-state index in [0.717, 1.165) is 24.8 Å². The van der Waals surface area contributed by atoms with Crippen LogP contribution in [0.15, 0.2) is 18.2 Å². The number of esters is 1. The number of carbonyl (C=O) groups excluding carboxylic acids is 1. The van der Waals surface area contributed by atoms with Gasteiger partial charge in [0.2, 0.25) is 0 Å². The molecule has 2 rings (SSSR count). The van der Waals surface area contributed by atoms with Gasteiger partial charge in [-0.3, -0.25) is 0 Å². The highest BCUT2D eigenvalue weighted by Gasteiger charge is 2.26. The fourth-order valence-electron chi connectivity index (χ4n) is 2.62. The summed E-state index contributed by atoms with van der Waals surface area (Å²) in [5.41, 5.74) is 7.77. The highest BCUT2D eigenvalue weighted by Crippen LogP contribution is 2.28. The fourth-order valence-corrected chi connectivity index (χ4v) is 2.62. The third kappa shape index (κ3) is 2.66. The smallest absolute Gasteiger partial charge is 0.340 e. The molecular weight excluding hydrogens is 226 g/mol. The normalized spacial score (nSPS) is 23.7. The lowest BCUT2D eigenvalue weighted by atomic mass is 9.88. The van der Waals surface area contributed by atoms with Gasteiger partial charge in [0.25, 0.3) is 0 Å². The second-order valence-corrected chi connectivity index (χ2v) is 5.24. The minimum Gasteiger partial charge on any atom is -0.458 e. The second kappa shape index (κ2) is 5.42. The molecule has 1 aromatic rings. The van der Waals surface area contributed by atoms with Crippen LogP contribution in [0, 0.1) is 12.8 Å². The van der Waals surface area contributed by atoms with Crippen LogP contribution in [0.3, 0.4) is 0 Å². The number of aryl methyl sites for hydroxylation is 1. The van der Waals surface area contributed by atoms with Crippen LogP contribution in [0.5, 0.6) is 0 Å². The molecule has 0 saturated heterocycles. The molecule has 0 bridgehead atoms. The van der Waals surface area contributed by atoms with E-state index in [1.54, 1.807) is 6.07 Å². The summed E-state index contributed by atoms with van der Waals surface area (Å²) in [6.45, 7) is 4.04. The van der Waals surface area contributed by atoms with E-state index in [0.29, 0.717) is 17.2 Å². The molecule has 0 spiro atoms. The largest absolute Gasteiger partial charge is 0.458 e. The Morgan fingerprint density at radius 1 is 1.33 bits per heavy atom. The molecule has 1 aliphatic rings. The van der Waals surface area contributed by atoms with Crippen LogP contribution in [0.4, 0.5) is 5.69 Å². The maximum absolute atomic E-state index is 12.2. The number of rotatable bonds is 2. The highest BCUT2D eigenvalue weighted by atomic mass is 16.5. The van der Waals surface area contributed by atoms with E-state index in [9.17, 15) is 4.79 Å². The summed E-state index contributed by atoms with van der Waals surface area (Å²) in [6.07, 6.45) is 4.54. The first-order chi connectivity index (χ1) is 8.59. The number of carbonyl (C=O) groups is 1. The van der Waals surface area contributed by atoms with E-state index in [4.69, 9.17) is 10.5 Å². The maximum Gasteiger partial charge on any atom is 0.340 e. The van der Waals surface area contributed by atoms with Gasteiger partial charge in [-0.2, -0.15) is 0 Å². The molecule has 2 N–H and O–H groups in total. The number of hydrogen-bond donors (Lipinski definition) is 1. The molecule has 18 heavy (non-hydrogen) atoms. The van der Waals surface area contributed by atoms with E-state index in [1.807, 2.05) is 19.1 Å². The first-order valence-corrected chi connectivity index (χ1v) is 6.65. The van der Waals surface area contributed by atoms with Crippen molar-refractivity contribution >= 4 is 11.7 Å². The fraction of sp³-hybridized carbons (Fsp3) is 0.533. The minimum absolute atomic E-state index is 0.0465. The number of ether oxygens (including phenoxy) is 1. The summed E-state index contributed by atoms with van der Waals surface area (Å²) in [4.78, 5) is 12.2. The zero-order chi connectivity index (χ0) is 13.1. The number of benzene rings is 1. The number of nitrogens with two attached hydrogens (primary N) is 1. The van der Waals surface area contributed by atoms with Crippen molar-refractivity contribution in [3.05, 3.63) is 29.3 Å². The molecule has 2 unspecified atom stereocenters. The van der Waals surface area contributed by atoms with Crippen molar-refractivity contribution in [2.45, 2.75) is 45.6 Å². The molecule has 2 atom stereocenters. The van der Waals surface area contributed by atoms with Gasteiger partial charge in [-0.25, -0.2) is 4.79 Å². The van der Waals surface area contributed by atoms with Gasteiger partial charge >= 0.3 is 5.97 Å².